The normalized spacial score (nSPS) is 26.9. The molecule has 316 valence electrons. The number of ether oxygens (including phenoxy) is 2. The Morgan fingerprint density at radius 2 is 0.797 bits per heavy atom. The van der Waals surface area contributed by atoms with Crippen LogP contribution in [0.3, 0.4) is 0 Å². The first-order valence-electron chi connectivity index (χ1n) is 20.0. The van der Waals surface area contributed by atoms with Crippen LogP contribution in [0.2, 0.25) is 0 Å². The number of para-hydroxylation sites is 2. The second-order valence-electron chi connectivity index (χ2n) is 15.3. The fraction of sp³-hybridized carbons (Fsp3) is 0.391. The van der Waals surface area contributed by atoms with Gasteiger partial charge in [-0.05, 0) is 71.2 Å². The highest BCUT2D eigenvalue weighted by molar-refractivity contribution is 5.85. The molecule has 2 aliphatic heterocycles. The van der Waals surface area contributed by atoms with E-state index in [9.17, 15) is 40.9 Å². The van der Waals surface area contributed by atoms with Gasteiger partial charge in [0.25, 0.3) is 0 Å². The van der Waals surface area contributed by atoms with E-state index in [1.165, 1.54) is 22.3 Å². The molecule has 4 heterocycles. The molecule has 0 saturated carbocycles. The Morgan fingerprint density at radius 1 is 0.458 bits per heavy atom. The van der Waals surface area contributed by atoms with Gasteiger partial charge in [-0.25, -0.2) is 0 Å². The highest BCUT2D eigenvalue weighted by atomic mass is 16.6. The van der Waals surface area contributed by atoms with E-state index >= 15 is 0 Å². The first-order valence-corrected chi connectivity index (χ1v) is 20.0. The minimum atomic E-state index is -1.41. The molecule has 8 rings (SSSR count). The van der Waals surface area contributed by atoms with Crippen LogP contribution in [0.15, 0.2) is 109 Å². The smallest absolute Gasteiger partial charge is 0.163 e. The van der Waals surface area contributed by atoms with Crippen LogP contribution in [-0.4, -0.2) is 118 Å². The Balaban J connectivity index is 0.000000195. The molecule has 10 atom stereocenters. The molecule has 13 nitrogen and oxygen atoms in total. The summed E-state index contributed by atoms with van der Waals surface area (Å²) in [6.07, 6.45) is -4.62. The van der Waals surface area contributed by atoms with Gasteiger partial charge in [0.05, 0.1) is 24.2 Å². The van der Waals surface area contributed by atoms with Crippen molar-refractivity contribution in [3.63, 3.8) is 0 Å². The standard InChI is InChI=1S/2C23H27NO5.H2O/c2*1-2-14-7-9-15(10-8-14)11-16-12-24(18-6-4-3-5-17(16)18)23-22(28)21(27)20(26)19(13-25)29-23;/h2*3-10,12,19-23,25-28H,2,11,13H2,1H3;1H2/t19-,20-,21+,22-,23+;;/m1../s1. The zero-order valence-corrected chi connectivity index (χ0v) is 33.2. The van der Waals surface area contributed by atoms with Crippen LogP contribution in [0.4, 0.5) is 0 Å². The Hall–Kier alpha value is -4.48. The largest absolute Gasteiger partial charge is 0.412 e. The third kappa shape index (κ3) is 9.02. The Bertz CT molecular complexity index is 2090. The molecule has 0 aliphatic carbocycles. The fourth-order valence-corrected chi connectivity index (χ4v) is 8.11. The van der Waals surface area contributed by atoms with Crippen molar-refractivity contribution in [3.05, 3.63) is 143 Å². The van der Waals surface area contributed by atoms with E-state index in [0.717, 1.165) is 58.6 Å². The third-order valence-electron chi connectivity index (χ3n) is 11.6. The van der Waals surface area contributed by atoms with Crippen LogP contribution in [0.5, 0.6) is 0 Å². The van der Waals surface area contributed by atoms with Gasteiger partial charge in [0.1, 0.15) is 48.8 Å². The molecular formula is C46H56N2O11. The van der Waals surface area contributed by atoms with Crippen LogP contribution >= 0.6 is 0 Å². The monoisotopic (exact) mass is 812 g/mol. The zero-order chi connectivity index (χ0) is 41.1. The number of nitrogens with zero attached hydrogens (tertiary/aromatic N) is 2. The number of benzene rings is 4. The van der Waals surface area contributed by atoms with Gasteiger partial charge in [-0.15, -0.1) is 0 Å². The molecule has 13 heteroatoms. The number of hydrogen-bond donors (Lipinski definition) is 8. The number of aryl methyl sites for hydroxylation is 2. The number of fused-ring (bicyclic) bond motifs is 2. The molecule has 0 amide bonds. The second-order valence-corrected chi connectivity index (χ2v) is 15.3. The minimum absolute atomic E-state index is 0. The lowest BCUT2D eigenvalue weighted by Gasteiger charge is -2.40. The van der Waals surface area contributed by atoms with Crippen molar-refractivity contribution in [2.24, 2.45) is 0 Å². The van der Waals surface area contributed by atoms with Crippen molar-refractivity contribution in [3.8, 4) is 0 Å². The molecule has 59 heavy (non-hydrogen) atoms. The van der Waals surface area contributed by atoms with Crippen LogP contribution in [0, 0.1) is 0 Å². The third-order valence-corrected chi connectivity index (χ3v) is 11.6. The average Bonchev–Trinajstić information content (AvgIpc) is 3.81. The van der Waals surface area contributed by atoms with Crippen LogP contribution in [0.25, 0.3) is 21.8 Å². The van der Waals surface area contributed by atoms with Crippen molar-refractivity contribution in [2.45, 2.75) is 101 Å². The summed E-state index contributed by atoms with van der Waals surface area (Å²) in [6, 6.07) is 32.7. The number of aliphatic hydroxyl groups excluding tert-OH is 8. The van der Waals surface area contributed by atoms with E-state index in [-0.39, 0.29) is 5.48 Å². The second kappa shape index (κ2) is 19.3. The summed E-state index contributed by atoms with van der Waals surface area (Å²) in [5, 5.41) is 82.7. The molecule has 4 aromatic carbocycles. The molecule has 0 bridgehead atoms. The first kappa shape index (κ1) is 44.1. The highest BCUT2D eigenvalue weighted by Gasteiger charge is 2.45. The molecule has 0 spiro atoms. The maximum atomic E-state index is 10.6. The summed E-state index contributed by atoms with van der Waals surface area (Å²) < 4.78 is 15.1. The summed E-state index contributed by atoms with van der Waals surface area (Å²) in [5.74, 6) is 0. The molecule has 0 radical (unpaired) electrons. The van der Waals surface area contributed by atoms with E-state index in [1.807, 2.05) is 60.9 Å². The van der Waals surface area contributed by atoms with Gasteiger partial charge in [-0.2, -0.15) is 0 Å². The average molecular weight is 813 g/mol. The first-order chi connectivity index (χ1) is 28.1. The summed E-state index contributed by atoms with van der Waals surface area (Å²) in [5.41, 5.74) is 8.80. The minimum Gasteiger partial charge on any atom is -0.412 e. The summed E-state index contributed by atoms with van der Waals surface area (Å²) in [7, 11) is 0. The van der Waals surface area contributed by atoms with Crippen LogP contribution in [-0.2, 0) is 35.2 Å². The van der Waals surface area contributed by atoms with Crippen LogP contribution in [0.1, 0.15) is 59.7 Å². The van der Waals surface area contributed by atoms with Crippen molar-refractivity contribution >= 4 is 21.8 Å². The van der Waals surface area contributed by atoms with Gasteiger partial charge in [0, 0.05) is 23.2 Å². The fourth-order valence-electron chi connectivity index (χ4n) is 8.11. The van der Waals surface area contributed by atoms with Gasteiger partial charge in [0.15, 0.2) is 12.5 Å². The zero-order valence-electron chi connectivity index (χ0n) is 33.2. The SMILES string of the molecule is CCc1ccc(Cc2cn(C3OC(CO)C(O)C(O)C3O)c3ccccc23)cc1.CCc1ccc(Cc2cn([C@H]3O[C@H](CO)[C@@H](O)[C@H](O)[C@H]3O)c3ccccc23)cc1.O. The Kier molecular flexibility index (Phi) is 14.4. The van der Waals surface area contributed by atoms with Crippen molar-refractivity contribution in [2.75, 3.05) is 13.2 Å². The number of aromatic nitrogens is 2. The van der Waals surface area contributed by atoms with Crippen molar-refractivity contribution in [1.82, 2.24) is 9.13 Å². The van der Waals surface area contributed by atoms with Gasteiger partial charge < -0.3 is 64.9 Å². The molecule has 2 aromatic heterocycles. The maximum Gasteiger partial charge on any atom is 0.163 e. The summed E-state index contributed by atoms with van der Waals surface area (Å²) in [6.45, 7) is 3.36. The summed E-state index contributed by atoms with van der Waals surface area (Å²) in [4.78, 5) is 0. The van der Waals surface area contributed by atoms with Gasteiger partial charge in [0.2, 0.25) is 0 Å². The molecular weight excluding hydrogens is 757 g/mol. The van der Waals surface area contributed by atoms with Gasteiger partial charge >= 0.3 is 0 Å². The van der Waals surface area contributed by atoms with E-state index in [0.29, 0.717) is 0 Å². The predicted octanol–water partition coefficient (Wildman–Crippen LogP) is 2.71. The predicted molar refractivity (Wildman–Crippen MR) is 223 cm³/mol. The lowest BCUT2D eigenvalue weighted by Crippen LogP contribution is -2.56. The Labute approximate surface area is 342 Å². The molecule has 6 aromatic rings. The number of hydrogen-bond acceptors (Lipinski definition) is 10. The lowest BCUT2D eigenvalue weighted by molar-refractivity contribution is -0.250. The lowest BCUT2D eigenvalue weighted by atomic mass is 9.98. The van der Waals surface area contributed by atoms with Gasteiger partial charge in [-0.3, -0.25) is 0 Å². The molecule has 2 saturated heterocycles. The molecule has 2 aliphatic rings. The quantitative estimate of drug-likeness (QED) is 0.101. The molecule has 10 N–H and O–H groups in total. The Morgan fingerprint density at radius 3 is 1.14 bits per heavy atom. The number of aliphatic hydroxyl groups is 8. The molecule has 2 fully saturated rings. The van der Waals surface area contributed by atoms with Crippen molar-refractivity contribution < 1.29 is 55.8 Å². The molecule has 5 unspecified atom stereocenters. The van der Waals surface area contributed by atoms with E-state index in [4.69, 9.17) is 9.47 Å². The highest BCUT2D eigenvalue weighted by Crippen LogP contribution is 2.36. The topological polar surface area (TPSA) is 222 Å². The van der Waals surface area contributed by atoms with E-state index in [2.05, 4.69) is 62.4 Å². The van der Waals surface area contributed by atoms with Crippen LogP contribution < -0.4 is 0 Å². The van der Waals surface area contributed by atoms with E-state index in [1.54, 1.807) is 9.13 Å². The summed E-state index contributed by atoms with van der Waals surface area (Å²) >= 11 is 0. The van der Waals surface area contributed by atoms with Gasteiger partial charge in [-0.1, -0.05) is 98.8 Å². The van der Waals surface area contributed by atoms with E-state index < -0.39 is 74.5 Å². The maximum absolute atomic E-state index is 10.6. The number of rotatable bonds is 10. The van der Waals surface area contributed by atoms with Crippen molar-refractivity contribution in [1.29, 1.82) is 0 Å².